The van der Waals surface area contributed by atoms with Gasteiger partial charge >= 0.3 is 6.18 Å². The maximum absolute atomic E-state index is 13.4. The predicted octanol–water partition coefficient (Wildman–Crippen LogP) is 3.26. The van der Waals surface area contributed by atoms with Crippen molar-refractivity contribution < 1.29 is 18.0 Å². The molecule has 2 fully saturated rings. The Kier molecular flexibility index (Phi) is 4.23. The monoisotopic (exact) mass is 415 g/mol. The van der Waals surface area contributed by atoms with Crippen molar-refractivity contribution in [3.63, 3.8) is 0 Å². The van der Waals surface area contributed by atoms with Crippen molar-refractivity contribution >= 4 is 17.2 Å². The number of fused-ring (bicyclic) bond motifs is 2. The number of anilines is 1. The number of amides is 1. The second-order valence-electron chi connectivity index (χ2n) is 8.04. The largest absolute Gasteiger partial charge is 0.418 e. The van der Waals surface area contributed by atoms with Crippen molar-refractivity contribution in [1.82, 2.24) is 19.5 Å². The van der Waals surface area contributed by atoms with Crippen LogP contribution in [0.5, 0.6) is 0 Å². The summed E-state index contributed by atoms with van der Waals surface area (Å²) in [5.74, 6) is 0.144. The summed E-state index contributed by atoms with van der Waals surface area (Å²) in [5, 5.41) is 4.38. The molecule has 1 aromatic carbocycles. The fraction of sp³-hybridized carbons (Fsp3) is 0.381. The first kappa shape index (κ1) is 18.9. The number of aromatic nitrogens is 3. The lowest BCUT2D eigenvalue weighted by molar-refractivity contribution is -0.137. The molecule has 30 heavy (non-hydrogen) atoms. The molecule has 0 unspecified atom stereocenters. The number of carbonyl (C=O) groups excluding carboxylic acids is 1. The first-order valence-electron chi connectivity index (χ1n) is 9.83. The number of imidazole rings is 1. The van der Waals surface area contributed by atoms with Crippen LogP contribution in [0.25, 0.3) is 5.65 Å². The maximum Gasteiger partial charge on any atom is 0.418 e. The molecule has 9 heteroatoms. The summed E-state index contributed by atoms with van der Waals surface area (Å²) >= 11 is 0. The molecule has 0 radical (unpaired) electrons. The van der Waals surface area contributed by atoms with Crippen LogP contribution in [0.2, 0.25) is 0 Å². The number of benzene rings is 1. The average molecular weight is 415 g/mol. The SMILES string of the molecule is Cc1ccc2ncc(C(=O)N3C[C@@H]4CN(c5ccccc5C(F)(F)F)C[C@@H]4C3)n2n1. The third-order valence-corrected chi connectivity index (χ3v) is 6.04. The molecule has 0 spiro atoms. The fourth-order valence-corrected chi connectivity index (χ4v) is 4.62. The quantitative estimate of drug-likeness (QED) is 0.645. The second-order valence-corrected chi connectivity index (χ2v) is 8.04. The summed E-state index contributed by atoms with van der Waals surface area (Å²) in [7, 11) is 0. The number of alkyl halides is 3. The lowest BCUT2D eigenvalue weighted by Gasteiger charge is -2.25. The Morgan fingerprint density at radius 3 is 2.43 bits per heavy atom. The lowest BCUT2D eigenvalue weighted by atomic mass is 10.0. The van der Waals surface area contributed by atoms with Crippen LogP contribution in [0.1, 0.15) is 21.7 Å². The van der Waals surface area contributed by atoms with Gasteiger partial charge in [-0.25, -0.2) is 9.50 Å². The molecule has 2 aliphatic rings. The minimum absolute atomic E-state index is 0.141. The first-order chi connectivity index (χ1) is 14.3. The molecular weight excluding hydrogens is 395 g/mol. The van der Waals surface area contributed by atoms with E-state index >= 15 is 0 Å². The Balaban J connectivity index is 1.33. The molecule has 0 saturated carbocycles. The van der Waals surface area contributed by atoms with Gasteiger partial charge in [-0.3, -0.25) is 4.79 Å². The molecule has 4 heterocycles. The van der Waals surface area contributed by atoms with E-state index in [9.17, 15) is 18.0 Å². The van der Waals surface area contributed by atoms with Crippen molar-refractivity contribution in [2.75, 3.05) is 31.1 Å². The molecule has 3 aromatic rings. The normalized spacial score (nSPS) is 21.5. The highest BCUT2D eigenvalue weighted by atomic mass is 19.4. The molecule has 2 aromatic heterocycles. The molecule has 0 bridgehead atoms. The van der Waals surface area contributed by atoms with Gasteiger partial charge in [0.05, 0.1) is 17.5 Å². The molecule has 2 saturated heterocycles. The Morgan fingerprint density at radius 1 is 1.03 bits per heavy atom. The number of nitrogens with zero attached hydrogens (tertiary/aromatic N) is 5. The van der Waals surface area contributed by atoms with Gasteiger partial charge in [0.15, 0.2) is 11.3 Å². The van der Waals surface area contributed by atoms with Gasteiger partial charge in [-0.15, -0.1) is 0 Å². The zero-order valence-electron chi connectivity index (χ0n) is 16.3. The molecule has 6 nitrogen and oxygen atoms in total. The van der Waals surface area contributed by atoms with Gasteiger partial charge in [0.25, 0.3) is 5.91 Å². The number of hydrogen-bond acceptors (Lipinski definition) is 4. The van der Waals surface area contributed by atoms with Gasteiger partial charge in [0.1, 0.15) is 0 Å². The molecule has 0 aliphatic carbocycles. The fourth-order valence-electron chi connectivity index (χ4n) is 4.62. The molecule has 156 valence electrons. The topological polar surface area (TPSA) is 53.7 Å². The Labute approximate surface area is 170 Å². The van der Waals surface area contributed by atoms with Crippen LogP contribution in [0.3, 0.4) is 0 Å². The lowest BCUT2D eigenvalue weighted by Crippen LogP contribution is -2.34. The summed E-state index contributed by atoms with van der Waals surface area (Å²) < 4.78 is 41.7. The minimum atomic E-state index is -4.38. The van der Waals surface area contributed by atoms with E-state index in [1.807, 2.05) is 19.1 Å². The highest BCUT2D eigenvalue weighted by Crippen LogP contribution is 2.40. The predicted molar refractivity (Wildman–Crippen MR) is 104 cm³/mol. The Morgan fingerprint density at radius 2 is 1.73 bits per heavy atom. The Hall–Kier alpha value is -3.10. The van der Waals surface area contributed by atoms with E-state index in [0.29, 0.717) is 37.5 Å². The summed E-state index contributed by atoms with van der Waals surface area (Å²) in [5.41, 5.74) is 1.42. The van der Waals surface area contributed by atoms with Crippen LogP contribution in [-0.4, -0.2) is 51.6 Å². The summed E-state index contributed by atoms with van der Waals surface area (Å²) in [6.07, 6.45) is -2.85. The summed E-state index contributed by atoms with van der Waals surface area (Å²) in [6.45, 7) is 3.90. The smallest absolute Gasteiger partial charge is 0.370 e. The summed E-state index contributed by atoms with van der Waals surface area (Å²) in [6, 6.07) is 9.35. The first-order valence-corrected chi connectivity index (χ1v) is 9.83. The van der Waals surface area contributed by atoms with Gasteiger partial charge in [0.2, 0.25) is 0 Å². The van der Waals surface area contributed by atoms with Crippen LogP contribution in [0.15, 0.2) is 42.6 Å². The van der Waals surface area contributed by atoms with Crippen LogP contribution >= 0.6 is 0 Å². The maximum atomic E-state index is 13.4. The summed E-state index contributed by atoms with van der Waals surface area (Å²) in [4.78, 5) is 20.9. The van der Waals surface area contributed by atoms with E-state index in [1.54, 1.807) is 20.4 Å². The van der Waals surface area contributed by atoms with Crippen molar-refractivity contribution in [3.8, 4) is 0 Å². The number of carbonyl (C=O) groups is 1. The van der Waals surface area contributed by atoms with Gasteiger partial charge < -0.3 is 9.80 Å². The Bertz CT molecular complexity index is 1110. The molecule has 2 aliphatic heterocycles. The highest BCUT2D eigenvalue weighted by Gasteiger charge is 2.44. The number of para-hydroxylation sites is 1. The molecule has 5 rings (SSSR count). The number of hydrogen-bond donors (Lipinski definition) is 0. The standard InChI is InChI=1S/C21H20F3N5O/c1-13-6-7-19-25-8-18(29(19)26-13)20(30)28-11-14-9-27(10-15(14)12-28)17-5-3-2-4-16(17)21(22,23)24/h2-8,14-15H,9-12H2,1H3/t14-,15+. The molecule has 1 amide bonds. The molecular formula is C21H20F3N5O. The third-order valence-electron chi connectivity index (χ3n) is 6.04. The second kappa shape index (κ2) is 6.72. The van der Waals surface area contributed by atoms with Crippen molar-refractivity contribution in [2.45, 2.75) is 13.1 Å². The molecule has 0 N–H and O–H groups in total. The van der Waals surface area contributed by atoms with E-state index in [-0.39, 0.29) is 23.4 Å². The van der Waals surface area contributed by atoms with Gasteiger partial charge in [-0.2, -0.15) is 18.3 Å². The number of rotatable bonds is 2. The van der Waals surface area contributed by atoms with Crippen LogP contribution in [0.4, 0.5) is 18.9 Å². The zero-order valence-corrected chi connectivity index (χ0v) is 16.3. The van der Waals surface area contributed by atoms with Crippen LogP contribution < -0.4 is 4.90 Å². The van der Waals surface area contributed by atoms with Crippen LogP contribution in [0, 0.1) is 18.8 Å². The highest BCUT2D eigenvalue weighted by molar-refractivity contribution is 5.93. The number of likely N-dealkylation sites (tertiary alicyclic amines) is 1. The minimum Gasteiger partial charge on any atom is -0.370 e. The molecule has 2 atom stereocenters. The number of halogens is 3. The van der Waals surface area contributed by atoms with E-state index in [4.69, 9.17) is 0 Å². The third kappa shape index (κ3) is 3.09. The van der Waals surface area contributed by atoms with Gasteiger partial charge in [-0.05, 0) is 31.2 Å². The van der Waals surface area contributed by atoms with E-state index < -0.39 is 11.7 Å². The van der Waals surface area contributed by atoms with E-state index in [2.05, 4.69) is 10.1 Å². The van der Waals surface area contributed by atoms with Crippen molar-refractivity contribution in [1.29, 1.82) is 0 Å². The van der Waals surface area contributed by atoms with Gasteiger partial charge in [-0.1, -0.05) is 12.1 Å². The zero-order chi connectivity index (χ0) is 21.0. The van der Waals surface area contributed by atoms with Crippen molar-refractivity contribution in [2.24, 2.45) is 11.8 Å². The van der Waals surface area contributed by atoms with E-state index in [0.717, 1.165) is 11.8 Å². The van der Waals surface area contributed by atoms with Crippen molar-refractivity contribution in [3.05, 3.63) is 59.5 Å². The van der Waals surface area contributed by atoms with Crippen LogP contribution in [-0.2, 0) is 6.18 Å². The van der Waals surface area contributed by atoms with Gasteiger partial charge in [0, 0.05) is 43.7 Å². The average Bonchev–Trinajstić information content (AvgIpc) is 3.39. The van der Waals surface area contributed by atoms with E-state index in [1.165, 1.54) is 18.3 Å². The number of aryl methyl sites for hydroxylation is 1.